The number of halogens is 1. The normalized spacial score (nSPS) is 18.2. The van der Waals surface area contributed by atoms with Gasteiger partial charge in [0.1, 0.15) is 0 Å². The molecule has 21 heavy (non-hydrogen) atoms. The average molecular weight is 328 g/mol. The zero-order chi connectivity index (χ0) is 15.1. The molecular formula is C16H22ClNO2S. The molecule has 1 aromatic carbocycles. The number of hydrogen-bond acceptors (Lipinski definition) is 3. The van der Waals surface area contributed by atoms with Crippen molar-refractivity contribution in [3.63, 3.8) is 0 Å². The van der Waals surface area contributed by atoms with Gasteiger partial charge in [-0.3, -0.25) is 4.79 Å². The number of nitrogens with zero attached hydrogens (tertiary/aromatic N) is 1. The fourth-order valence-electron chi connectivity index (χ4n) is 2.72. The first-order valence-electron chi connectivity index (χ1n) is 7.49. The summed E-state index contributed by atoms with van der Waals surface area (Å²) in [6.45, 7) is 1.09. The molecule has 1 saturated heterocycles. The third-order valence-corrected chi connectivity index (χ3v) is 5.06. The van der Waals surface area contributed by atoms with E-state index in [1.54, 1.807) is 11.8 Å². The molecule has 1 aromatic rings. The monoisotopic (exact) mass is 327 g/mol. The molecule has 0 aromatic heterocycles. The lowest BCUT2D eigenvalue weighted by Gasteiger charge is -2.24. The van der Waals surface area contributed by atoms with Gasteiger partial charge in [-0.05, 0) is 49.9 Å². The van der Waals surface area contributed by atoms with Gasteiger partial charge in [-0.1, -0.05) is 11.6 Å². The second kappa shape index (κ2) is 8.66. The molecule has 1 fully saturated rings. The summed E-state index contributed by atoms with van der Waals surface area (Å²) >= 11 is 7.54. The van der Waals surface area contributed by atoms with Crippen molar-refractivity contribution >= 4 is 29.3 Å². The summed E-state index contributed by atoms with van der Waals surface area (Å²) in [6, 6.07) is 8.05. The fraction of sp³-hybridized carbons (Fsp3) is 0.562. The number of hydrogen-bond donors (Lipinski definition) is 1. The van der Waals surface area contributed by atoms with Gasteiger partial charge >= 0.3 is 0 Å². The number of carbonyl (C=O) groups is 1. The Bertz CT molecular complexity index is 452. The molecule has 0 spiro atoms. The van der Waals surface area contributed by atoms with E-state index in [0.717, 1.165) is 47.9 Å². The fourth-order valence-corrected chi connectivity index (χ4v) is 3.69. The van der Waals surface area contributed by atoms with Crippen molar-refractivity contribution in [3.05, 3.63) is 29.3 Å². The molecule has 0 bridgehead atoms. The van der Waals surface area contributed by atoms with Gasteiger partial charge in [-0.15, -0.1) is 11.8 Å². The van der Waals surface area contributed by atoms with Crippen LogP contribution in [0.15, 0.2) is 29.2 Å². The van der Waals surface area contributed by atoms with Gasteiger partial charge in [-0.2, -0.15) is 0 Å². The maximum atomic E-state index is 12.3. The Morgan fingerprint density at radius 1 is 1.38 bits per heavy atom. The first kappa shape index (κ1) is 16.7. The van der Waals surface area contributed by atoms with Crippen LogP contribution in [0.1, 0.15) is 32.1 Å². The molecule has 1 N–H and O–H groups in total. The summed E-state index contributed by atoms with van der Waals surface area (Å²) in [5.41, 5.74) is 0. The molecule has 1 atom stereocenters. The second-order valence-corrected chi connectivity index (χ2v) is 6.91. The van der Waals surface area contributed by atoms with Crippen molar-refractivity contribution in [2.45, 2.75) is 43.0 Å². The number of aliphatic hydroxyl groups is 1. The number of thioether (sulfide) groups is 1. The van der Waals surface area contributed by atoms with Gasteiger partial charge in [-0.25, -0.2) is 0 Å². The van der Waals surface area contributed by atoms with Gasteiger partial charge in [0.2, 0.25) is 5.91 Å². The van der Waals surface area contributed by atoms with Crippen molar-refractivity contribution in [2.75, 3.05) is 18.9 Å². The third-order valence-electron chi connectivity index (χ3n) is 3.79. The zero-order valence-corrected chi connectivity index (χ0v) is 13.7. The minimum Gasteiger partial charge on any atom is -0.396 e. The van der Waals surface area contributed by atoms with Crippen LogP contribution in [0, 0.1) is 0 Å². The molecule has 5 heteroatoms. The lowest BCUT2D eigenvalue weighted by atomic mass is 10.1. The van der Waals surface area contributed by atoms with Crippen LogP contribution in [0.3, 0.4) is 0 Å². The number of carbonyl (C=O) groups excluding carboxylic acids is 1. The number of rotatable bonds is 7. The van der Waals surface area contributed by atoms with E-state index < -0.39 is 0 Å². The second-order valence-electron chi connectivity index (χ2n) is 5.30. The average Bonchev–Trinajstić information content (AvgIpc) is 2.95. The molecule has 3 nitrogen and oxygen atoms in total. The van der Waals surface area contributed by atoms with Crippen LogP contribution in [0.5, 0.6) is 0 Å². The lowest BCUT2D eigenvalue weighted by Crippen LogP contribution is -2.35. The third kappa shape index (κ3) is 5.20. The molecule has 1 heterocycles. The summed E-state index contributed by atoms with van der Waals surface area (Å²) < 4.78 is 0. The highest BCUT2D eigenvalue weighted by atomic mass is 35.5. The minimum absolute atomic E-state index is 0.213. The van der Waals surface area contributed by atoms with Gasteiger partial charge in [0.15, 0.2) is 0 Å². The summed E-state index contributed by atoms with van der Waals surface area (Å²) in [5, 5.41) is 9.66. The van der Waals surface area contributed by atoms with E-state index in [9.17, 15) is 4.79 Å². The van der Waals surface area contributed by atoms with E-state index >= 15 is 0 Å². The van der Waals surface area contributed by atoms with Gasteiger partial charge < -0.3 is 10.0 Å². The van der Waals surface area contributed by atoms with E-state index in [2.05, 4.69) is 0 Å². The van der Waals surface area contributed by atoms with Crippen LogP contribution < -0.4 is 0 Å². The first-order valence-corrected chi connectivity index (χ1v) is 8.86. The predicted molar refractivity (Wildman–Crippen MR) is 87.8 cm³/mol. The molecule has 116 valence electrons. The quantitative estimate of drug-likeness (QED) is 0.778. The zero-order valence-electron chi connectivity index (χ0n) is 12.1. The summed E-state index contributed by atoms with van der Waals surface area (Å²) in [4.78, 5) is 15.4. The van der Waals surface area contributed by atoms with Crippen LogP contribution >= 0.6 is 23.4 Å². The molecule has 0 radical (unpaired) electrons. The maximum absolute atomic E-state index is 12.3. The number of likely N-dealkylation sites (tertiary alicyclic amines) is 1. The summed E-state index contributed by atoms with van der Waals surface area (Å²) in [6.07, 6.45) is 4.45. The molecule has 1 unspecified atom stereocenters. The van der Waals surface area contributed by atoms with Gasteiger partial charge in [0, 0.05) is 41.3 Å². The van der Waals surface area contributed by atoms with Crippen molar-refractivity contribution in [1.82, 2.24) is 4.90 Å². The molecule has 0 aliphatic carbocycles. The van der Waals surface area contributed by atoms with Crippen LogP contribution in [-0.4, -0.2) is 40.9 Å². The molecule has 2 rings (SSSR count). The molecule has 1 amide bonds. The predicted octanol–water partition coefficient (Wildman–Crippen LogP) is 3.59. The van der Waals surface area contributed by atoms with Gasteiger partial charge in [0.25, 0.3) is 0 Å². The van der Waals surface area contributed by atoms with E-state index in [0.29, 0.717) is 12.5 Å². The smallest absolute Gasteiger partial charge is 0.223 e. The van der Waals surface area contributed by atoms with Crippen LogP contribution in [0.4, 0.5) is 0 Å². The minimum atomic E-state index is 0.213. The van der Waals surface area contributed by atoms with Crippen LogP contribution in [0.2, 0.25) is 5.02 Å². The van der Waals surface area contributed by atoms with Crippen molar-refractivity contribution in [1.29, 1.82) is 0 Å². The number of benzene rings is 1. The van der Waals surface area contributed by atoms with Gasteiger partial charge in [0.05, 0.1) is 0 Å². The Balaban J connectivity index is 1.74. The molecule has 1 aliphatic rings. The molecular weight excluding hydrogens is 306 g/mol. The van der Waals surface area contributed by atoms with E-state index in [-0.39, 0.29) is 12.5 Å². The van der Waals surface area contributed by atoms with Crippen molar-refractivity contribution < 1.29 is 9.90 Å². The molecule has 0 saturated carbocycles. The van der Waals surface area contributed by atoms with Crippen LogP contribution in [0.25, 0.3) is 0 Å². The topological polar surface area (TPSA) is 40.5 Å². The summed E-state index contributed by atoms with van der Waals surface area (Å²) in [5.74, 6) is 1.04. The van der Waals surface area contributed by atoms with E-state index in [1.165, 1.54) is 0 Å². The Morgan fingerprint density at radius 3 is 2.86 bits per heavy atom. The maximum Gasteiger partial charge on any atom is 0.223 e. The Labute approximate surface area is 135 Å². The summed E-state index contributed by atoms with van der Waals surface area (Å²) in [7, 11) is 0. The highest BCUT2D eigenvalue weighted by molar-refractivity contribution is 7.99. The van der Waals surface area contributed by atoms with E-state index in [4.69, 9.17) is 16.7 Å². The SMILES string of the molecule is O=C(CCSc1ccc(Cl)cc1)N1CCCC1CCCO. The highest BCUT2D eigenvalue weighted by Gasteiger charge is 2.27. The highest BCUT2D eigenvalue weighted by Crippen LogP contribution is 2.24. The van der Waals surface area contributed by atoms with Crippen LogP contribution in [-0.2, 0) is 4.79 Å². The van der Waals surface area contributed by atoms with E-state index in [1.807, 2.05) is 29.2 Å². The number of amides is 1. The van der Waals surface area contributed by atoms with Crippen molar-refractivity contribution in [2.24, 2.45) is 0 Å². The number of aliphatic hydroxyl groups excluding tert-OH is 1. The standard InChI is InChI=1S/C16H22ClNO2S/c17-13-5-7-15(8-6-13)21-12-9-16(20)18-10-1-3-14(18)4-2-11-19/h5-8,14,19H,1-4,9-12H2. The Morgan fingerprint density at radius 2 is 2.14 bits per heavy atom. The lowest BCUT2D eigenvalue weighted by molar-refractivity contribution is -0.131. The molecule has 1 aliphatic heterocycles. The van der Waals surface area contributed by atoms with Crippen molar-refractivity contribution in [3.8, 4) is 0 Å². The Kier molecular flexibility index (Phi) is 6.87. The largest absolute Gasteiger partial charge is 0.396 e. The Hall–Kier alpha value is -0.710. The first-order chi connectivity index (χ1) is 10.2.